The number of aromatic nitrogens is 5. The van der Waals surface area contributed by atoms with Crippen LogP contribution in [0.3, 0.4) is 0 Å². The van der Waals surface area contributed by atoms with Gasteiger partial charge in [-0.05, 0) is 17.4 Å². The van der Waals surface area contributed by atoms with Gasteiger partial charge in [0.2, 0.25) is 0 Å². The minimum absolute atomic E-state index is 0.245. The lowest BCUT2D eigenvalue weighted by molar-refractivity contribution is -0.141. The number of nitrogens with zero attached hydrogens (tertiary/aromatic N) is 5. The third kappa shape index (κ3) is 2.47. The molecule has 0 saturated carbocycles. The maximum atomic E-state index is 10.8. The predicted molar refractivity (Wildman–Crippen MR) is 60.5 cm³/mol. The average molecular weight is 253 g/mol. The van der Waals surface area contributed by atoms with Gasteiger partial charge < -0.3 is 5.11 Å². The summed E-state index contributed by atoms with van der Waals surface area (Å²) in [4.78, 5) is 15.7. The van der Waals surface area contributed by atoms with Crippen LogP contribution in [0.1, 0.15) is 11.9 Å². The standard InChI is InChI=1S/C9H11N5O2S/c1-5(9(15)16)4-14-8(11-12-13-14)7-3-10-6(2)17-7/h3,5H,4H2,1-2H3,(H,15,16). The van der Waals surface area contributed by atoms with Gasteiger partial charge >= 0.3 is 5.97 Å². The van der Waals surface area contributed by atoms with Crippen LogP contribution >= 0.6 is 11.3 Å². The summed E-state index contributed by atoms with van der Waals surface area (Å²) in [7, 11) is 0. The quantitative estimate of drug-likeness (QED) is 0.867. The predicted octanol–water partition coefficient (Wildman–Crippen LogP) is 0.826. The highest BCUT2D eigenvalue weighted by atomic mass is 32.1. The lowest BCUT2D eigenvalue weighted by Crippen LogP contribution is -2.18. The van der Waals surface area contributed by atoms with Crippen LogP contribution in [0, 0.1) is 12.8 Å². The van der Waals surface area contributed by atoms with Crippen molar-refractivity contribution in [3.05, 3.63) is 11.2 Å². The number of carboxylic acid groups (broad SMARTS) is 1. The van der Waals surface area contributed by atoms with Gasteiger partial charge in [-0.2, -0.15) is 0 Å². The van der Waals surface area contributed by atoms with Crippen molar-refractivity contribution in [3.63, 3.8) is 0 Å². The summed E-state index contributed by atoms with van der Waals surface area (Å²) in [5.74, 6) is -0.845. The molecule has 0 aliphatic heterocycles. The van der Waals surface area contributed by atoms with Gasteiger partial charge in [-0.3, -0.25) is 4.79 Å². The van der Waals surface area contributed by atoms with Crippen LogP contribution in [-0.2, 0) is 11.3 Å². The first kappa shape index (κ1) is 11.6. The van der Waals surface area contributed by atoms with Crippen LogP contribution in [0.15, 0.2) is 6.20 Å². The maximum absolute atomic E-state index is 10.8. The SMILES string of the molecule is Cc1ncc(-c2nnnn2CC(C)C(=O)O)s1. The van der Waals surface area contributed by atoms with Crippen LogP contribution in [0.25, 0.3) is 10.7 Å². The lowest BCUT2D eigenvalue weighted by atomic mass is 10.2. The van der Waals surface area contributed by atoms with E-state index in [1.54, 1.807) is 13.1 Å². The molecule has 90 valence electrons. The molecule has 0 spiro atoms. The molecule has 0 radical (unpaired) electrons. The van der Waals surface area contributed by atoms with Crippen LogP contribution < -0.4 is 0 Å². The first-order chi connectivity index (χ1) is 8.08. The molecule has 2 rings (SSSR count). The molecule has 0 aliphatic carbocycles. The number of thiazole rings is 1. The van der Waals surface area contributed by atoms with E-state index in [4.69, 9.17) is 5.11 Å². The van der Waals surface area contributed by atoms with Gasteiger partial charge in [0.25, 0.3) is 0 Å². The maximum Gasteiger partial charge on any atom is 0.308 e. The fraction of sp³-hybridized carbons (Fsp3) is 0.444. The molecule has 0 bridgehead atoms. The normalized spacial score (nSPS) is 12.6. The topological polar surface area (TPSA) is 93.8 Å². The van der Waals surface area contributed by atoms with E-state index in [1.807, 2.05) is 6.92 Å². The van der Waals surface area contributed by atoms with Crippen molar-refractivity contribution in [2.24, 2.45) is 5.92 Å². The number of carboxylic acids is 1. The summed E-state index contributed by atoms with van der Waals surface area (Å²) in [5, 5.41) is 21.0. The summed E-state index contributed by atoms with van der Waals surface area (Å²) in [6.45, 7) is 3.75. The van der Waals surface area contributed by atoms with E-state index in [0.717, 1.165) is 9.88 Å². The van der Waals surface area contributed by atoms with E-state index in [-0.39, 0.29) is 6.54 Å². The smallest absolute Gasteiger partial charge is 0.308 e. The van der Waals surface area contributed by atoms with Crippen molar-refractivity contribution in [2.75, 3.05) is 0 Å². The third-order valence-electron chi connectivity index (χ3n) is 2.24. The summed E-state index contributed by atoms with van der Waals surface area (Å²) in [5.41, 5.74) is 0. The summed E-state index contributed by atoms with van der Waals surface area (Å²) in [6, 6.07) is 0. The third-order valence-corrected chi connectivity index (χ3v) is 3.15. The summed E-state index contributed by atoms with van der Waals surface area (Å²) >= 11 is 1.47. The Morgan fingerprint density at radius 2 is 2.41 bits per heavy atom. The Morgan fingerprint density at radius 3 is 3.00 bits per heavy atom. The number of hydrogen-bond donors (Lipinski definition) is 1. The highest BCUT2D eigenvalue weighted by molar-refractivity contribution is 7.14. The highest BCUT2D eigenvalue weighted by Crippen LogP contribution is 2.23. The molecule has 2 heterocycles. The number of aryl methyl sites for hydroxylation is 1. The molecule has 2 aromatic rings. The number of carbonyl (C=O) groups is 1. The van der Waals surface area contributed by atoms with E-state index >= 15 is 0 Å². The van der Waals surface area contributed by atoms with Gasteiger partial charge in [0.15, 0.2) is 5.82 Å². The van der Waals surface area contributed by atoms with Crippen molar-refractivity contribution in [1.29, 1.82) is 0 Å². The first-order valence-electron chi connectivity index (χ1n) is 4.99. The summed E-state index contributed by atoms with van der Waals surface area (Å²) in [6.07, 6.45) is 1.69. The fourth-order valence-electron chi connectivity index (χ4n) is 1.31. The van der Waals surface area contributed by atoms with Gasteiger partial charge in [0, 0.05) is 6.20 Å². The number of tetrazole rings is 1. The fourth-order valence-corrected chi connectivity index (χ4v) is 2.07. The first-order valence-corrected chi connectivity index (χ1v) is 5.81. The Kier molecular flexibility index (Phi) is 3.14. The van der Waals surface area contributed by atoms with Crippen molar-refractivity contribution in [1.82, 2.24) is 25.2 Å². The number of aliphatic carboxylic acids is 1. The van der Waals surface area contributed by atoms with Gasteiger partial charge in [0.05, 0.1) is 22.3 Å². The van der Waals surface area contributed by atoms with E-state index in [2.05, 4.69) is 20.5 Å². The van der Waals surface area contributed by atoms with Crippen LogP contribution in [0.5, 0.6) is 0 Å². The Balaban J connectivity index is 2.26. The van der Waals surface area contributed by atoms with Gasteiger partial charge in [0.1, 0.15) is 0 Å². The molecule has 2 aromatic heterocycles. The molecule has 0 aliphatic rings. The van der Waals surface area contributed by atoms with Crippen LogP contribution in [-0.4, -0.2) is 36.3 Å². The van der Waals surface area contributed by atoms with Gasteiger partial charge in [-0.25, -0.2) is 9.67 Å². The zero-order valence-corrected chi connectivity index (χ0v) is 10.2. The largest absolute Gasteiger partial charge is 0.481 e. The van der Waals surface area contributed by atoms with E-state index < -0.39 is 11.9 Å². The molecule has 1 N–H and O–H groups in total. The van der Waals surface area contributed by atoms with Crippen molar-refractivity contribution < 1.29 is 9.90 Å². The molecule has 1 unspecified atom stereocenters. The van der Waals surface area contributed by atoms with E-state index in [1.165, 1.54) is 16.0 Å². The zero-order valence-electron chi connectivity index (χ0n) is 9.36. The summed E-state index contributed by atoms with van der Waals surface area (Å²) < 4.78 is 1.49. The molecule has 17 heavy (non-hydrogen) atoms. The molecule has 0 saturated heterocycles. The molecule has 0 aromatic carbocycles. The van der Waals surface area contributed by atoms with Crippen molar-refractivity contribution in [3.8, 4) is 10.7 Å². The molecule has 1 atom stereocenters. The number of rotatable bonds is 4. The second kappa shape index (κ2) is 4.58. The molecular weight excluding hydrogens is 242 g/mol. The Hall–Kier alpha value is -1.83. The van der Waals surface area contributed by atoms with E-state index in [9.17, 15) is 4.79 Å². The molecule has 7 nitrogen and oxygen atoms in total. The molecule has 0 amide bonds. The number of hydrogen-bond acceptors (Lipinski definition) is 6. The molecular formula is C9H11N5O2S. The molecule has 8 heteroatoms. The molecule has 0 fully saturated rings. The van der Waals surface area contributed by atoms with Gasteiger partial charge in [-0.1, -0.05) is 6.92 Å². The minimum atomic E-state index is -0.869. The van der Waals surface area contributed by atoms with E-state index in [0.29, 0.717) is 5.82 Å². The van der Waals surface area contributed by atoms with Crippen molar-refractivity contribution in [2.45, 2.75) is 20.4 Å². The Morgan fingerprint density at radius 1 is 1.65 bits per heavy atom. The Labute approximate surface area is 101 Å². The monoisotopic (exact) mass is 253 g/mol. The van der Waals surface area contributed by atoms with Gasteiger partial charge in [-0.15, -0.1) is 16.4 Å². The average Bonchev–Trinajstić information content (AvgIpc) is 2.86. The zero-order chi connectivity index (χ0) is 12.4. The minimum Gasteiger partial charge on any atom is -0.481 e. The van der Waals surface area contributed by atoms with Crippen LogP contribution in [0.2, 0.25) is 0 Å². The Bertz CT molecular complexity index is 535. The second-order valence-corrected chi connectivity index (χ2v) is 4.90. The highest BCUT2D eigenvalue weighted by Gasteiger charge is 2.17. The van der Waals surface area contributed by atoms with Crippen molar-refractivity contribution >= 4 is 17.3 Å². The lowest BCUT2D eigenvalue weighted by Gasteiger charge is -2.06. The second-order valence-electron chi connectivity index (χ2n) is 3.67. The van der Waals surface area contributed by atoms with Crippen LogP contribution in [0.4, 0.5) is 0 Å².